The van der Waals surface area contributed by atoms with Crippen molar-refractivity contribution in [2.24, 2.45) is 0 Å². The van der Waals surface area contributed by atoms with Crippen molar-refractivity contribution < 1.29 is 26.0 Å². The Morgan fingerprint density at radius 2 is 1.92 bits per heavy atom. The van der Waals surface area contributed by atoms with Crippen molar-refractivity contribution in [3.63, 3.8) is 0 Å². The first-order valence-corrected chi connectivity index (χ1v) is 9.25. The number of rotatable bonds is 5. The first-order chi connectivity index (χ1) is 11.3. The summed E-state index contributed by atoms with van der Waals surface area (Å²) in [7, 11) is -3.78. The zero-order valence-corrected chi connectivity index (χ0v) is 15.0. The number of aryl methyl sites for hydroxylation is 2. The number of hydrogen-bond donors (Lipinski definition) is 0. The van der Waals surface area contributed by atoms with Crippen molar-refractivity contribution >= 4 is 10.0 Å². The van der Waals surface area contributed by atoms with E-state index in [9.17, 15) is 26.4 Å². The van der Waals surface area contributed by atoms with Crippen LogP contribution < -0.4 is 5.76 Å². The molecule has 0 aromatic carbocycles. The average Bonchev–Trinajstić information content (AvgIpc) is 2.71. The molecule has 1 saturated heterocycles. The molecule has 0 amide bonds. The minimum Gasteiger partial charge on any atom is -0.393 e. The SMILES string of the molecule is Cc1nn(CCS(=O)(=O)N2CCN(CC(F)(F)F)CC2(C)C)c(=O)o1. The Morgan fingerprint density at radius 3 is 2.40 bits per heavy atom. The Balaban J connectivity index is 2.06. The van der Waals surface area contributed by atoms with Crippen molar-refractivity contribution in [3.8, 4) is 0 Å². The molecule has 0 N–H and O–H groups in total. The van der Waals surface area contributed by atoms with Gasteiger partial charge in [0.05, 0.1) is 18.8 Å². The van der Waals surface area contributed by atoms with Gasteiger partial charge in [-0.1, -0.05) is 0 Å². The minimum absolute atomic E-state index is 0.00874. The third-order valence-corrected chi connectivity index (χ3v) is 5.96. The highest BCUT2D eigenvalue weighted by Gasteiger charge is 2.43. The second-order valence-corrected chi connectivity index (χ2v) is 8.65. The second-order valence-electron chi connectivity index (χ2n) is 6.64. The lowest BCUT2D eigenvalue weighted by Crippen LogP contribution is -2.62. The average molecular weight is 386 g/mol. The zero-order chi connectivity index (χ0) is 19.0. The number of sulfonamides is 1. The third kappa shape index (κ3) is 5.05. The fraction of sp³-hybridized carbons (Fsp3) is 0.846. The number of piperazine rings is 1. The molecule has 25 heavy (non-hydrogen) atoms. The van der Waals surface area contributed by atoms with Crippen LogP contribution in [0.1, 0.15) is 19.7 Å². The van der Waals surface area contributed by atoms with E-state index in [-0.39, 0.29) is 37.8 Å². The molecule has 2 heterocycles. The van der Waals surface area contributed by atoms with Crippen molar-refractivity contribution in [3.05, 3.63) is 16.4 Å². The van der Waals surface area contributed by atoms with E-state index in [1.807, 2.05) is 0 Å². The van der Waals surface area contributed by atoms with Crippen LogP contribution in [-0.2, 0) is 16.6 Å². The van der Waals surface area contributed by atoms with Gasteiger partial charge in [-0.2, -0.15) is 22.2 Å². The van der Waals surface area contributed by atoms with Crippen molar-refractivity contribution in [1.82, 2.24) is 19.0 Å². The lowest BCUT2D eigenvalue weighted by molar-refractivity contribution is -0.152. The van der Waals surface area contributed by atoms with Crippen LogP contribution in [-0.4, -0.2) is 71.1 Å². The van der Waals surface area contributed by atoms with E-state index in [4.69, 9.17) is 4.42 Å². The fourth-order valence-corrected chi connectivity index (χ4v) is 4.80. The van der Waals surface area contributed by atoms with Crippen LogP contribution in [0, 0.1) is 6.92 Å². The van der Waals surface area contributed by atoms with Gasteiger partial charge in [0.2, 0.25) is 15.9 Å². The van der Waals surface area contributed by atoms with Gasteiger partial charge in [0.1, 0.15) is 0 Å². The predicted octanol–water partition coefficient (Wildman–Crippen LogP) is 0.433. The Morgan fingerprint density at radius 1 is 1.28 bits per heavy atom. The summed E-state index contributed by atoms with van der Waals surface area (Å²) in [5.41, 5.74) is -0.993. The molecule has 1 aromatic rings. The summed E-state index contributed by atoms with van der Waals surface area (Å²) in [6, 6.07) is 0. The molecule has 0 bridgehead atoms. The molecular weight excluding hydrogens is 365 g/mol. The van der Waals surface area contributed by atoms with Crippen LogP contribution in [0.2, 0.25) is 0 Å². The summed E-state index contributed by atoms with van der Waals surface area (Å²) < 4.78 is 69.7. The molecular formula is C13H21F3N4O4S. The quantitative estimate of drug-likeness (QED) is 0.729. The van der Waals surface area contributed by atoms with Gasteiger partial charge >= 0.3 is 11.9 Å². The number of halogens is 3. The smallest absolute Gasteiger partial charge is 0.393 e. The maximum absolute atomic E-state index is 12.6. The van der Waals surface area contributed by atoms with Crippen LogP contribution in [0.15, 0.2) is 9.21 Å². The van der Waals surface area contributed by atoms with Gasteiger partial charge in [0.25, 0.3) is 0 Å². The second kappa shape index (κ2) is 6.72. The number of nitrogens with zero attached hydrogens (tertiary/aromatic N) is 4. The van der Waals surface area contributed by atoms with E-state index in [0.717, 1.165) is 4.68 Å². The molecule has 1 fully saturated rings. The van der Waals surface area contributed by atoms with Crippen molar-refractivity contribution in [1.29, 1.82) is 0 Å². The first kappa shape index (κ1) is 19.9. The highest BCUT2D eigenvalue weighted by molar-refractivity contribution is 7.89. The highest BCUT2D eigenvalue weighted by atomic mass is 32.2. The molecule has 0 radical (unpaired) electrons. The van der Waals surface area contributed by atoms with E-state index < -0.39 is 34.0 Å². The predicted molar refractivity (Wildman–Crippen MR) is 82.6 cm³/mol. The lowest BCUT2D eigenvalue weighted by atomic mass is 10.0. The standard InChI is InChI=1S/C13H21F3N4O4S/c1-10-17-19(11(21)24-10)6-7-25(22,23)20-5-4-18(8-12(20,2)3)9-13(14,15)16/h4-9H2,1-3H3. The summed E-state index contributed by atoms with van der Waals surface area (Å²) in [6.07, 6.45) is -4.33. The van der Waals surface area contributed by atoms with Crippen LogP contribution >= 0.6 is 0 Å². The van der Waals surface area contributed by atoms with E-state index in [2.05, 4.69) is 5.10 Å². The highest BCUT2D eigenvalue weighted by Crippen LogP contribution is 2.27. The van der Waals surface area contributed by atoms with E-state index >= 15 is 0 Å². The number of aromatic nitrogens is 2. The number of hydrogen-bond acceptors (Lipinski definition) is 6. The first-order valence-electron chi connectivity index (χ1n) is 7.64. The minimum atomic E-state index is -4.33. The Bertz CT molecular complexity index is 769. The third-order valence-electron chi connectivity index (χ3n) is 3.91. The maximum Gasteiger partial charge on any atom is 0.437 e. The van der Waals surface area contributed by atoms with Crippen molar-refractivity contribution in [2.75, 3.05) is 31.9 Å². The van der Waals surface area contributed by atoms with E-state index in [0.29, 0.717) is 0 Å². The van der Waals surface area contributed by atoms with Gasteiger partial charge in [0.15, 0.2) is 0 Å². The topological polar surface area (TPSA) is 88.7 Å². The summed E-state index contributed by atoms with van der Waals surface area (Å²) in [6.45, 7) is 3.29. The normalized spacial score (nSPS) is 20.1. The lowest BCUT2D eigenvalue weighted by Gasteiger charge is -2.46. The molecule has 1 aliphatic heterocycles. The van der Waals surface area contributed by atoms with Crippen LogP contribution in [0.3, 0.4) is 0 Å². The Kier molecular flexibility index (Phi) is 5.36. The van der Waals surface area contributed by atoms with Crippen molar-refractivity contribution in [2.45, 2.75) is 39.0 Å². The largest absolute Gasteiger partial charge is 0.437 e. The summed E-state index contributed by atoms with van der Waals surface area (Å²) in [4.78, 5) is 12.6. The number of alkyl halides is 3. The summed E-state index contributed by atoms with van der Waals surface area (Å²) >= 11 is 0. The van der Waals surface area contributed by atoms with Gasteiger partial charge < -0.3 is 4.42 Å². The van der Waals surface area contributed by atoms with Gasteiger partial charge in [-0.15, -0.1) is 5.10 Å². The molecule has 0 atom stereocenters. The van der Waals surface area contributed by atoms with Crippen LogP contribution in [0.5, 0.6) is 0 Å². The molecule has 1 aromatic heterocycles. The van der Waals surface area contributed by atoms with E-state index in [1.54, 1.807) is 13.8 Å². The van der Waals surface area contributed by atoms with Crippen LogP contribution in [0.4, 0.5) is 13.2 Å². The maximum atomic E-state index is 12.6. The molecule has 0 saturated carbocycles. The molecule has 0 unspecified atom stereocenters. The molecule has 12 heteroatoms. The summed E-state index contributed by atoms with van der Waals surface area (Å²) in [5, 5.41) is 3.77. The van der Waals surface area contributed by atoms with Crippen LogP contribution in [0.25, 0.3) is 0 Å². The monoisotopic (exact) mass is 386 g/mol. The zero-order valence-electron chi connectivity index (χ0n) is 14.2. The Labute approximate surface area is 143 Å². The van der Waals surface area contributed by atoms with E-state index in [1.165, 1.54) is 16.1 Å². The summed E-state index contributed by atoms with van der Waals surface area (Å²) in [5.74, 6) is -1.01. The molecule has 2 rings (SSSR count). The molecule has 0 spiro atoms. The van der Waals surface area contributed by atoms with Gasteiger partial charge in [-0.05, 0) is 13.8 Å². The molecule has 0 aliphatic carbocycles. The fourth-order valence-electron chi connectivity index (χ4n) is 3.01. The van der Waals surface area contributed by atoms with Gasteiger partial charge in [0, 0.05) is 32.1 Å². The Hall–Kier alpha value is -1.40. The van der Waals surface area contributed by atoms with Gasteiger partial charge in [-0.25, -0.2) is 13.2 Å². The molecule has 8 nitrogen and oxygen atoms in total. The molecule has 144 valence electrons. The van der Waals surface area contributed by atoms with Gasteiger partial charge in [-0.3, -0.25) is 4.90 Å². The molecule has 1 aliphatic rings.